The molecule has 8 heteroatoms. The maximum absolute atomic E-state index is 11.5. The van der Waals surface area contributed by atoms with Crippen LogP contribution in [0.25, 0.3) is 0 Å². The highest BCUT2D eigenvalue weighted by atomic mass is 35.5. The Hall–Kier alpha value is -2.28. The normalized spacial score (nSPS) is 14.3. The molecule has 0 radical (unpaired) electrons. The zero-order valence-electron chi connectivity index (χ0n) is 9.68. The molecule has 2 rings (SSSR count). The van der Waals surface area contributed by atoms with Crippen LogP contribution in [0.5, 0.6) is 5.75 Å². The zero-order valence-corrected chi connectivity index (χ0v) is 10.4. The second-order valence-corrected chi connectivity index (χ2v) is 4.15. The number of hydrogen-bond donors (Lipinski definition) is 2. The van der Waals surface area contributed by atoms with Gasteiger partial charge in [-0.15, -0.1) is 0 Å². The number of hydrazine groups is 1. The van der Waals surface area contributed by atoms with Gasteiger partial charge in [-0.3, -0.25) is 20.3 Å². The lowest BCUT2D eigenvalue weighted by Crippen LogP contribution is -2.46. The van der Waals surface area contributed by atoms with E-state index in [2.05, 4.69) is 5.43 Å². The summed E-state index contributed by atoms with van der Waals surface area (Å²) in [6.07, 6.45) is 0. The highest BCUT2D eigenvalue weighted by molar-refractivity contribution is 6.30. The minimum absolute atomic E-state index is 0.203. The fourth-order valence-corrected chi connectivity index (χ4v) is 1.52. The number of nitrogens with zero attached hydrogens (tertiary/aromatic N) is 1. The van der Waals surface area contributed by atoms with E-state index in [1.54, 1.807) is 24.3 Å². The van der Waals surface area contributed by atoms with Crippen LogP contribution in [0.15, 0.2) is 24.3 Å². The van der Waals surface area contributed by atoms with E-state index in [1.165, 1.54) is 0 Å². The van der Waals surface area contributed by atoms with Crippen molar-refractivity contribution >= 4 is 29.4 Å². The molecule has 1 aliphatic rings. The highest BCUT2D eigenvalue weighted by Gasteiger charge is 2.28. The Morgan fingerprint density at radius 2 is 2.05 bits per heavy atom. The monoisotopic (exact) mass is 283 g/mol. The van der Waals surface area contributed by atoms with Crippen molar-refractivity contribution in [2.24, 2.45) is 0 Å². The predicted octanol–water partition coefficient (Wildman–Crippen LogP) is 0.302. The fourth-order valence-electron chi connectivity index (χ4n) is 1.39. The molecule has 1 fully saturated rings. The maximum atomic E-state index is 11.5. The number of carbonyl (C=O) groups is 3. The number of amides is 4. The lowest BCUT2D eigenvalue weighted by atomic mass is 10.3. The fraction of sp³-hybridized carbons (Fsp3) is 0.182. The van der Waals surface area contributed by atoms with Crippen LogP contribution in [-0.2, 0) is 9.59 Å². The first-order valence-electron chi connectivity index (χ1n) is 5.34. The van der Waals surface area contributed by atoms with Gasteiger partial charge in [-0.1, -0.05) is 11.6 Å². The maximum Gasteiger partial charge on any atom is 0.343 e. The number of ether oxygens (including phenoxy) is 1. The summed E-state index contributed by atoms with van der Waals surface area (Å²) in [5.74, 6) is -0.537. The SMILES string of the molecule is O=C1CN(NC(=O)COc2ccc(Cl)cc2)C(=O)N1. The molecule has 0 spiro atoms. The van der Waals surface area contributed by atoms with Crippen molar-refractivity contribution in [3.63, 3.8) is 0 Å². The molecule has 1 heterocycles. The number of halogens is 1. The molecule has 0 bridgehead atoms. The molecule has 4 amide bonds. The van der Waals surface area contributed by atoms with Gasteiger partial charge in [-0.25, -0.2) is 9.80 Å². The molecule has 0 saturated carbocycles. The number of nitrogens with one attached hydrogen (secondary N) is 2. The van der Waals surface area contributed by atoms with Crippen molar-refractivity contribution < 1.29 is 19.1 Å². The first kappa shape index (κ1) is 13.2. The van der Waals surface area contributed by atoms with Crippen LogP contribution in [-0.4, -0.2) is 36.0 Å². The summed E-state index contributed by atoms with van der Waals surface area (Å²) < 4.78 is 5.18. The third-order valence-electron chi connectivity index (χ3n) is 2.24. The van der Waals surface area contributed by atoms with Crippen LogP contribution in [0, 0.1) is 0 Å². The average molecular weight is 284 g/mol. The number of hydrogen-bond acceptors (Lipinski definition) is 4. The van der Waals surface area contributed by atoms with Crippen LogP contribution >= 0.6 is 11.6 Å². The highest BCUT2D eigenvalue weighted by Crippen LogP contribution is 2.15. The standard InChI is InChI=1S/C11H10ClN3O4/c12-7-1-3-8(4-2-7)19-6-10(17)14-15-5-9(16)13-11(15)18/h1-4H,5-6H2,(H,14,17)(H,13,16,18). The molecular weight excluding hydrogens is 274 g/mol. The smallest absolute Gasteiger partial charge is 0.343 e. The average Bonchev–Trinajstić information content (AvgIpc) is 2.67. The lowest BCUT2D eigenvalue weighted by molar-refractivity contribution is -0.127. The molecule has 2 N–H and O–H groups in total. The Bertz CT molecular complexity index is 517. The van der Waals surface area contributed by atoms with E-state index < -0.39 is 17.8 Å². The summed E-state index contributed by atoms with van der Waals surface area (Å²) in [4.78, 5) is 33.5. The van der Waals surface area contributed by atoms with Crippen molar-refractivity contribution in [1.82, 2.24) is 15.8 Å². The Morgan fingerprint density at radius 3 is 2.63 bits per heavy atom. The van der Waals surface area contributed by atoms with Gasteiger partial charge in [0.1, 0.15) is 12.3 Å². The van der Waals surface area contributed by atoms with E-state index in [1.807, 2.05) is 5.32 Å². The number of imide groups is 1. The van der Waals surface area contributed by atoms with Crippen LogP contribution < -0.4 is 15.5 Å². The summed E-state index contributed by atoms with van der Waals surface area (Å²) in [5, 5.41) is 3.47. The number of carbonyl (C=O) groups excluding carboxylic acids is 3. The Morgan fingerprint density at radius 1 is 1.37 bits per heavy atom. The number of rotatable bonds is 4. The van der Waals surface area contributed by atoms with E-state index in [4.69, 9.17) is 16.3 Å². The zero-order chi connectivity index (χ0) is 13.8. The van der Waals surface area contributed by atoms with E-state index in [0.29, 0.717) is 10.8 Å². The van der Waals surface area contributed by atoms with Gasteiger partial charge in [0, 0.05) is 5.02 Å². The van der Waals surface area contributed by atoms with Gasteiger partial charge < -0.3 is 4.74 Å². The van der Waals surface area contributed by atoms with Crippen molar-refractivity contribution in [3.8, 4) is 5.75 Å². The summed E-state index contributed by atoms with van der Waals surface area (Å²) in [5.41, 5.74) is 2.25. The van der Waals surface area contributed by atoms with Gasteiger partial charge in [0.15, 0.2) is 6.61 Å². The summed E-state index contributed by atoms with van der Waals surface area (Å²) in [7, 11) is 0. The van der Waals surface area contributed by atoms with Gasteiger partial charge in [-0.05, 0) is 24.3 Å². The Kier molecular flexibility index (Phi) is 3.86. The van der Waals surface area contributed by atoms with E-state index in [9.17, 15) is 14.4 Å². The van der Waals surface area contributed by atoms with E-state index >= 15 is 0 Å². The largest absolute Gasteiger partial charge is 0.484 e. The molecule has 1 saturated heterocycles. The first-order chi connectivity index (χ1) is 9.04. The second-order valence-electron chi connectivity index (χ2n) is 3.72. The Labute approximate surface area is 113 Å². The molecule has 1 aromatic rings. The quantitative estimate of drug-likeness (QED) is 0.778. The predicted molar refractivity (Wildman–Crippen MR) is 65.3 cm³/mol. The van der Waals surface area contributed by atoms with Crippen molar-refractivity contribution in [1.29, 1.82) is 0 Å². The summed E-state index contributed by atoms with van der Waals surface area (Å²) in [6.45, 7) is -0.481. The minimum atomic E-state index is -0.662. The third-order valence-corrected chi connectivity index (χ3v) is 2.49. The van der Waals surface area contributed by atoms with Crippen LogP contribution in [0.4, 0.5) is 4.79 Å². The number of benzene rings is 1. The van der Waals surface area contributed by atoms with E-state index in [-0.39, 0.29) is 13.2 Å². The van der Waals surface area contributed by atoms with Crippen molar-refractivity contribution in [2.75, 3.05) is 13.2 Å². The molecule has 1 aliphatic heterocycles. The molecule has 7 nitrogen and oxygen atoms in total. The summed E-state index contributed by atoms with van der Waals surface area (Å²) >= 11 is 5.70. The topological polar surface area (TPSA) is 87.7 Å². The van der Waals surface area contributed by atoms with Gasteiger partial charge in [0.05, 0.1) is 0 Å². The molecule has 100 valence electrons. The molecule has 1 aromatic carbocycles. The lowest BCUT2D eigenvalue weighted by Gasteiger charge is -2.14. The van der Waals surface area contributed by atoms with E-state index in [0.717, 1.165) is 5.01 Å². The Balaban J connectivity index is 1.80. The number of urea groups is 1. The van der Waals surface area contributed by atoms with Crippen LogP contribution in [0.2, 0.25) is 5.02 Å². The molecule has 0 atom stereocenters. The second kappa shape index (κ2) is 5.57. The van der Waals surface area contributed by atoms with Gasteiger partial charge >= 0.3 is 6.03 Å². The molecular formula is C11H10ClN3O4. The van der Waals surface area contributed by atoms with Gasteiger partial charge in [0.25, 0.3) is 5.91 Å². The van der Waals surface area contributed by atoms with Gasteiger partial charge in [0.2, 0.25) is 5.91 Å². The van der Waals surface area contributed by atoms with Crippen molar-refractivity contribution in [2.45, 2.75) is 0 Å². The van der Waals surface area contributed by atoms with Crippen molar-refractivity contribution in [3.05, 3.63) is 29.3 Å². The van der Waals surface area contributed by atoms with Gasteiger partial charge in [-0.2, -0.15) is 0 Å². The molecule has 0 unspecified atom stereocenters. The first-order valence-corrected chi connectivity index (χ1v) is 5.71. The van der Waals surface area contributed by atoms with Crippen LogP contribution in [0.1, 0.15) is 0 Å². The van der Waals surface area contributed by atoms with Crippen LogP contribution in [0.3, 0.4) is 0 Å². The molecule has 19 heavy (non-hydrogen) atoms. The molecule has 0 aliphatic carbocycles. The summed E-state index contributed by atoms with van der Waals surface area (Å²) in [6, 6.07) is 5.82. The molecule has 0 aromatic heterocycles. The third kappa shape index (κ3) is 3.59. The minimum Gasteiger partial charge on any atom is -0.484 e.